The largest absolute Gasteiger partial charge is 0.490 e. The van der Waals surface area contributed by atoms with Gasteiger partial charge in [-0.2, -0.15) is 5.10 Å². The molecule has 1 saturated heterocycles. The van der Waals surface area contributed by atoms with E-state index in [9.17, 15) is 4.79 Å². The number of anilines is 1. The number of piperidine rings is 1. The minimum absolute atomic E-state index is 0.0220. The molecular formula is C26H32N8O2. The second-order valence-corrected chi connectivity index (χ2v) is 9.83. The van der Waals surface area contributed by atoms with Crippen LogP contribution in [0.5, 0.6) is 5.75 Å². The standard InChI is InChI=1S/C26H32N8O2/c1-16(2)26(35)32-10-8-19(9-11-32)36-20-7-5-6-18(12-20)22-13-21(23-14-29-31-33(23)17(3)4)24-25(27)28-15-30-34(22)24/h5-7,12-17,19H,8-11H2,1-4H3,(H2,27,28,30). The maximum absolute atomic E-state index is 12.3. The molecule has 0 saturated carbocycles. The quantitative estimate of drug-likeness (QED) is 0.438. The number of hydrogen-bond donors (Lipinski definition) is 1. The van der Waals surface area contributed by atoms with Crippen molar-refractivity contribution in [1.82, 2.24) is 34.5 Å². The molecule has 5 rings (SSSR count). The molecule has 3 aromatic heterocycles. The Labute approximate surface area is 210 Å². The van der Waals surface area contributed by atoms with Crippen LogP contribution < -0.4 is 10.5 Å². The van der Waals surface area contributed by atoms with Crippen LogP contribution in [0.2, 0.25) is 0 Å². The average molecular weight is 489 g/mol. The molecule has 36 heavy (non-hydrogen) atoms. The second-order valence-electron chi connectivity index (χ2n) is 9.83. The Morgan fingerprint density at radius 1 is 1.11 bits per heavy atom. The molecular weight excluding hydrogens is 456 g/mol. The van der Waals surface area contributed by atoms with Crippen LogP contribution in [0, 0.1) is 5.92 Å². The van der Waals surface area contributed by atoms with E-state index in [1.807, 2.05) is 58.3 Å². The molecule has 0 radical (unpaired) electrons. The van der Waals surface area contributed by atoms with Crippen molar-refractivity contribution in [2.75, 3.05) is 18.8 Å². The first-order valence-corrected chi connectivity index (χ1v) is 12.4. The second kappa shape index (κ2) is 9.60. The van der Waals surface area contributed by atoms with Crippen molar-refractivity contribution >= 4 is 17.2 Å². The molecule has 0 aliphatic carbocycles. The van der Waals surface area contributed by atoms with E-state index < -0.39 is 0 Å². The zero-order valence-electron chi connectivity index (χ0n) is 21.1. The Bertz CT molecular complexity index is 1380. The summed E-state index contributed by atoms with van der Waals surface area (Å²) in [5.41, 5.74) is 10.6. The number of nitrogens with two attached hydrogens (primary N) is 1. The minimum atomic E-state index is 0.0220. The first-order chi connectivity index (χ1) is 17.3. The highest BCUT2D eigenvalue weighted by Crippen LogP contribution is 2.36. The lowest BCUT2D eigenvalue weighted by Gasteiger charge is -2.33. The molecule has 10 nitrogen and oxygen atoms in total. The van der Waals surface area contributed by atoms with Crippen molar-refractivity contribution in [3.63, 3.8) is 0 Å². The SMILES string of the molecule is CC(C)C(=O)N1CCC(Oc2cccc(-c3cc(-c4cnnn4C(C)C)c4c(N)ncnn34)c2)CC1. The van der Waals surface area contributed by atoms with Crippen molar-refractivity contribution in [2.45, 2.75) is 52.7 Å². The molecule has 1 amide bonds. The predicted molar refractivity (Wildman–Crippen MR) is 137 cm³/mol. The van der Waals surface area contributed by atoms with E-state index in [1.165, 1.54) is 6.33 Å². The number of rotatable bonds is 6. The molecule has 0 spiro atoms. The number of carbonyl (C=O) groups excluding carboxylic acids is 1. The highest BCUT2D eigenvalue weighted by molar-refractivity contribution is 5.90. The zero-order chi connectivity index (χ0) is 25.4. The molecule has 0 bridgehead atoms. The maximum atomic E-state index is 12.3. The van der Waals surface area contributed by atoms with Gasteiger partial charge in [-0.25, -0.2) is 14.2 Å². The highest BCUT2D eigenvalue weighted by atomic mass is 16.5. The number of amides is 1. The molecule has 1 fully saturated rings. The molecule has 1 aliphatic rings. The third-order valence-electron chi connectivity index (χ3n) is 6.60. The lowest BCUT2D eigenvalue weighted by atomic mass is 10.1. The van der Waals surface area contributed by atoms with Crippen LogP contribution in [0.15, 0.2) is 42.9 Å². The number of likely N-dealkylation sites (tertiary alicyclic amines) is 1. The molecule has 1 aromatic carbocycles. The summed E-state index contributed by atoms with van der Waals surface area (Å²) in [6.45, 7) is 9.45. The number of nitrogens with zero attached hydrogens (tertiary/aromatic N) is 7. The number of carbonyl (C=O) groups is 1. The molecule has 4 heterocycles. The number of aromatic nitrogens is 6. The number of hydrogen-bond acceptors (Lipinski definition) is 7. The smallest absolute Gasteiger partial charge is 0.225 e. The van der Waals surface area contributed by atoms with Crippen LogP contribution in [0.25, 0.3) is 28.0 Å². The van der Waals surface area contributed by atoms with E-state index in [0.717, 1.165) is 54.2 Å². The van der Waals surface area contributed by atoms with Gasteiger partial charge in [0.15, 0.2) is 5.82 Å². The fourth-order valence-corrected chi connectivity index (χ4v) is 4.77. The van der Waals surface area contributed by atoms with Crippen LogP contribution in [-0.2, 0) is 4.79 Å². The molecule has 0 atom stereocenters. The fourth-order valence-electron chi connectivity index (χ4n) is 4.77. The van der Waals surface area contributed by atoms with Crippen LogP contribution in [0.3, 0.4) is 0 Å². The Morgan fingerprint density at radius 2 is 1.89 bits per heavy atom. The Kier molecular flexibility index (Phi) is 6.34. The molecule has 0 unspecified atom stereocenters. The molecule has 4 aromatic rings. The summed E-state index contributed by atoms with van der Waals surface area (Å²) in [6.07, 6.45) is 4.90. The van der Waals surface area contributed by atoms with Crippen molar-refractivity contribution in [1.29, 1.82) is 0 Å². The summed E-state index contributed by atoms with van der Waals surface area (Å²) in [6, 6.07) is 10.2. The number of ether oxygens (including phenoxy) is 1. The van der Waals surface area contributed by atoms with Gasteiger partial charge in [-0.05, 0) is 32.0 Å². The maximum Gasteiger partial charge on any atom is 0.225 e. The third kappa shape index (κ3) is 4.38. The molecule has 10 heteroatoms. The Hall–Kier alpha value is -3.95. The van der Waals surface area contributed by atoms with E-state index in [4.69, 9.17) is 10.5 Å². The topological polar surface area (TPSA) is 116 Å². The van der Waals surface area contributed by atoms with Gasteiger partial charge in [0.05, 0.1) is 17.6 Å². The summed E-state index contributed by atoms with van der Waals surface area (Å²) in [5.74, 6) is 1.40. The van der Waals surface area contributed by atoms with Crippen molar-refractivity contribution < 1.29 is 9.53 Å². The fraction of sp³-hybridized carbons (Fsp3) is 0.423. The first kappa shape index (κ1) is 23.8. The summed E-state index contributed by atoms with van der Waals surface area (Å²) < 4.78 is 10.0. The van der Waals surface area contributed by atoms with Crippen molar-refractivity contribution in [3.05, 3.63) is 42.9 Å². The van der Waals surface area contributed by atoms with Gasteiger partial charge in [0.25, 0.3) is 0 Å². The van der Waals surface area contributed by atoms with Crippen LogP contribution >= 0.6 is 0 Å². The third-order valence-corrected chi connectivity index (χ3v) is 6.60. The van der Waals surface area contributed by atoms with Crippen LogP contribution in [-0.4, -0.2) is 59.6 Å². The number of nitrogen functional groups attached to an aromatic ring is 1. The molecule has 2 N–H and O–H groups in total. The van der Waals surface area contributed by atoms with Crippen molar-refractivity contribution in [2.24, 2.45) is 5.92 Å². The summed E-state index contributed by atoms with van der Waals surface area (Å²) in [4.78, 5) is 18.5. The van der Waals surface area contributed by atoms with Crippen LogP contribution in [0.1, 0.15) is 46.6 Å². The van der Waals surface area contributed by atoms with Crippen molar-refractivity contribution in [3.8, 4) is 28.3 Å². The Balaban J connectivity index is 1.44. The minimum Gasteiger partial charge on any atom is -0.490 e. The van der Waals surface area contributed by atoms with E-state index in [0.29, 0.717) is 11.3 Å². The molecule has 188 valence electrons. The van der Waals surface area contributed by atoms with Gasteiger partial charge in [0, 0.05) is 49.0 Å². The van der Waals surface area contributed by atoms with E-state index >= 15 is 0 Å². The Morgan fingerprint density at radius 3 is 2.61 bits per heavy atom. The molecule has 1 aliphatic heterocycles. The van der Waals surface area contributed by atoms with E-state index in [2.05, 4.69) is 34.2 Å². The summed E-state index contributed by atoms with van der Waals surface area (Å²) in [7, 11) is 0. The monoisotopic (exact) mass is 488 g/mol. The summed E-state index contributed by atoms with van der Waals surface area (Å²) >= 11 is 0. The number of benzene rings is 1. The zero-order valence-corrected chi connectivity index (χ0v) is 21.1. The first-order valence-electron chi connectivity index (χ1n) is 12.4. The van der Waals surface area contributed by atoms with Crippen LogP contribution in [0.4, 0.5) is 5.82 Å². The highest BCUT2D eigenvalue weighted by Gasteiger charge is 2.26. The van der Waals surface area contributed by atoms with E-state index in [1.54, 1.807) is 6.20 Å². The van der Waals surface area contributed by atoms with Gasteiger partial charge in [0.1, 0.15) is 23.7 Å². The van der Waals surface area contributed by atoms with Gasteiger partial charge in [-0.1, -0.05) is 31.2 Å². The average Bonchev–Trinajstić information content (AvgIpc) is 3.50. The lowest BCUT2D eigenvalue weighted by molar-refractivity contribution is -0.136. The van der Waals surface area contributed by atoms with E-state index in [-0.39, 0.29) is 24.0 Å². The number of fused-ring (bicyclic) bond motifs is 1. The van der Waals surface area contributed by atoms with Gasteiger partial charge in [-0.3, -0.25) is 4.79 Å². The predicted octanol–water partition coefficient (Wildman–Crippen LogP) is 3.84. The van der Waals surface area contributed by atoms with Gasteiger partial charge < -0.3 is 15.4 Å². The van der Waals surface area contributed by atoms with Gasteiger partial charge >= 0.3 is 0 Å². The normalized spacial score (nSPS) is 14.8. The summed E-state index contributed by atoms with van der Waals surface area (Å²) in [5, 5.41) is 12.9. The lowest BCUT2D eigenvalue weighted by Crippen LogP contribution is -2.43. The van der Waals surface area contributed by atoms with Gasteiger partial charge in [0.2, 0.25) is 5.91 Å². The van der Waals surface area contributed by atoms with Gasteiger partial charge in [-0.15, -0.1) is 5.10 Å².